The Morgan fingerprint density at radius 2 is 1.73 bits per heavy atom. The first-order chi connectivity index (χ1) is 12.5. The zero-order valence-electron chi connectivity index (χ0n) is 17.2. The van der Waals surface area contributed by atoms with Crippen LogP contribution in [0.15, 0.2) is 17.1 Å². The van der Waals surface area contributed by atoms with E-state index in [4.69, 9.17) is 14.2 Å². The molecule has 1 aromatic rings. The highest BCUT2D eigenvalue weighted by molar-refractivity contribution is 5.79. The summed E-state index contributed by atoms with van der Waals surface area (Å²) in [5.41, 5.74) is 1.01. The van der Waals surface area contributed by atoms with E-state index in [1.807, 2.05) is 12.1 Å². The predicted molar refractivity (Wildman–Crippen MR) is 107 cm³/mol. The van der Waals surface area contributed by atoms with Crippen molar-refractivity contribution in [3.8, 4) is 17.2 Å². The predicted octanol–water partition coefficient (Wildman–Crippen LogP) is 2.11. The molecule has 0 saturated carbocycles. The van der Waals surface area contributed by atoms with Gasteiger partial charge in [0, 0.05) is 32.7 Å². The molecule has 1 rings (SSSR count). The number of rotatable bonds is 10. The average molecular weight is 367 g/mol. The zero-order valence-corrected chi connectivity index (χ0v) is 17.2. The van der Waals surface area contributed by atoms with Crippen molar-refractivity contribution in [2.75, 3.05) is 48.5 Å². The van der Waals surface area contributed by atoms with Crippen LogP contribution in [0.4, 0.5) is 0 Å². The molecule has 0 aliphatic rings. The Kier molecular flexibility index (Phi) is 9.65. The topological polar surface area (TPSA) is 67.4 Å². The smallest absolute Gasteiger partial charge is 0.203 e. The third kappa shape index (κ3) is 6.29. The van der Waals surface area contributed by atoms with Crippen LogP contribution in [0.25, 0.3) is 0 Å². The molecule has 0 saturated heterocycles. The lowest BCUT2D eigenvalue weighted by molar-refractivity contribution is 0.255. The summed E-state index contributed by atoms with van der Waals surface area (Å²) in [7, 11) is 8.73. The maximum atomic E-state index is 5.39. The van der Waals surface area contributed by atoms with Crippen molar-refractivity contribution >= 4 is 5.96 Å². The summed E-state index contributed by atoms with van der Waals surface area (Å²) in [6, 6.07) is 4.43. The number of hydrogen-bond acceptors (Lipinski definition) is 5. The fraction of sp³-hybridized carbons (Fsp3) is 0.632. The van der Waals surface area contributed by atoms with Crippen LogP contribution >= 0.6 is 0 Å². The first-order valence-electron chi connectivity index (χ1n) is 8.94. The number of nitrogens with zero attached hydrogens (tertiary/aromatic N) is 2. The van der Waals surface area contributed by atoms with Crippen LogP contribution in [0.2, 0.25) is 0 Å². The monoisotopic (exact) mass is 366 g/mol. The molecule has 0 spiro atoms. The maximum Gasteiger partial charge on any atom is 0.203 e. The van der Waals surface area contributed by atoms with E-state index in [1.165, 1.54) is 0 Å². The van der Waals surface area contributed by atoms with Crippen molar-refractivity contribution in [3.05, 3.63) is 17.7 Å². The summed E-state index contributed by atoms with van der Waals surface area (Å²) in [6.45, 7) is 6.82. The third-order valence-electron chi connectivity index (χ3n) is 4.51. The summed E-state index contributed by atoms with van der Waals surface area (Å²) in [6.07, 6.45) is 1.14. The van der Waals surface area contributed by atoms with Crippen LogP contribution in [0, 0.1) is 0 Å². The first kappa shape index (κ1) is 21.9. The Bertz CT molecular complexity index is 553. The first-order valence-corrected chi connectivity index (χ1v) is 8.94. The highest BCUT2D eigenvalue weighted by Gasteiger charge is 2.13. The second kappa shape index (κ2) is 11.5. The minimum absolute atomic E-state index is 0.575. The molecular weight excluding hydrogens is 332 g/mol. The molecule has 7 heteroatoms. The van der Waals surface area contributed by atoms with Gasteiger partial charge < -0.3 is 29.7 Å². The van der Waals surface area contributed by atoms with Gasteiger partial charge in [0.2, 0.25) is 5.75 Å². The second-order valence-electron chi connectivity index (χ2n) is 6.12. The molecule has 148 valence electrons. The molecular formula is C19H34N4O3. The zero-order chi connectivity index (χ0) is 19.5. The normalized spacial score (nSPS) is 12.7. The van der Waals surface area contributed by atoms with E-state index in [2.05, 4.69) is 41.4 Å². The Morgan fingerprint density at radius 1 is 1.12 bits per heavy atom. The van der Waals surface area contributed by atoms with Crippen molar-refractivity contribution in [3.63, 3.8) is 0 Å². The number of benzene rings is 1. The number of ether oxygens (including phenoxy) is 3. The number of methoxy groups -OCH3 is 3. The van der Waals surface area contributed by atoms with Crippen molar-refractivity contribution < 1.29 is 14.2 Å². The van der Waals surface area contributed by atoms with Crippen LogP contribution in [-0.2, 0) is 6.54 Å². The third-order valence-corrected chi connectivity index (χ3v) is 4.51. The highest BCUT2D eigenvalue weighted by atomic mass is 16.5. The van der Waals surface area contributed by atoms with E-state index >= 15 is 0 Å². The van der Waals surface area contributed by atoms with E-state index in [0.29, 0.717) is 29.8 Å². The van der Waals surface area contributed by atoms with E-state index in [9.17, 15) is 0 Å². The molecule has 1 unspecified atom stereocenters. The number of hydrogen-bond donors (Lipinski definition) is 2. The average Bonchev–Trinajstić information content (AvgIpc) is 2.68. The van der Waals surface area contributed by atoms with Gasteiger partial charge in [0.05, 0.1) is 21.3 Å². The van der Waals surface area contributed by atoms with E-state index in [1.54, 1.807) is 28.4 Å². The van der Waals surface area contributed by atoms with Gasteiger partial charge in [-0.3, -0.25) is 4.99 Å². The van der Waals surface area contributed by atoms with Crippen LogP contribution < -0.4 is 24.8 Å². The molecule has 0 aromatic heterocycles. The lowest BCUT2D eigenvalue weighted by Crippen LogP contribution is -2.42. The molecule has 0 fully saturated rings. The Morgan fingerprint density at radius 3 is 2.19 bits per heavy atom. The fourth-order valence-electron chi connectivity index (χ4n) is 2.53. The van der Waals surface area contributed by atoms with Crippen LogP contribution in [0.5, 0.6) is 17.2 Å². The SMILES string of the molecule is CCC(C)N(C)CCNC(=NC)NCc1cc(OC)c(OC)c(OC)c1. The Labute approximate surface area is 157 Å². The van der Waals surface area contributed by atoms with Crippen LogP contribution in [0.1, 0.15) is 25.8 Å². The summed E-state index contributed by atoms with van der Waals surface area (Å²) in [5.74, 6) is 2.63. The molecule has 0 amide bonds. The minimum Gasteiger partial charge on any atom is -0.493 e. The van der Waals surface area contributed by atoms with Gasteiger partial charge >= 0.3 is 0 Å². The van der Waals surface area contributed by atoms with Gasteiger partial charge in [0.25, 0.3) is 0 Å². The standard InChI is InChI=1S/C19H34N4O3/c1-8-14(2)23(4)10-9-21-19(20-3)22-13-15-11-16(24-5)18(26-7)17(12-15)25-6/h11-12,14H,8-10,13H2,1-7H3,(H2,20,21,22). The molecule has 7 nitrogen and oxygen atoms in total. The summed E-state index contributed by atoms with van der Waals surface area (Å²) < 4.78 is 16.1. The molecule has 1 aromatic carbocycles. The van der Waals surface area contributed by atoms with Gasteiger partial charge in [0.1, 0.15) is 0 Å². The van der Waals surface area contributed by atoms with Crippen molar-refractivity contribution in [1.29, 1.82) is 0 Å². The van der Waals surface area contributed by atoms with E-state index < -0.39 is 0 Å². The van der Waals surface area contributed by atoms with Crippen molar-refractivity contribution in [1.82, 2.24) is 15.5 Å². The fourth-order valence-corrected chi connectivity index (χ4v) is 2.53. The summed E-state index contributed by atoms with van der Waals surface area (Å²) in [5, 5.41) is 6.65. The molecule has 0 bridgehead atoms. The molecule has 1 atom stereocenters. The highest BCUT2D eigenvalue weighted by Crippen LogP contribution is 2.38. The second-order valence-corrected chi connectivity index (χ2v) is 6.12. The van der Waals surface area contributed by atoms with Crippen LogP contribution in [0.3, 0.4) is 0 Å². The number of nitrogens with one attached hydrogen (secondary N) is 2. The van der Waals surface area contributed by atoms with E-state index in [-0.39, 0.29) is 0 Å². The molecule has 2 N–H and O–H groups in total. The number of aliphatic imine (C=N–C) groups is 1. The van der Waals surface area contributed by atoms with Gasteiger partial charge in [-0.05, 0) is 38.1 Å². The summed E-state index contributed by atoms with van der Waals surface area (Å²) in [4.78, 5) is 6.61. The van der Waals surface area contributed by atoms with Gasteiger partial charge in [-0.15, -0.1) is 0 Å². The quantitative estimate of drug-likeness (QED) is 0.488. The molecule has 0 aliphatic carbocycles. The van der Waals surface area contributed by atoms with Gasteiger partial charge in [-0.25, -0.2) is 0 Å². The van der Waals surface area contributed by atoms with Gasteiger partial charge in [-0.2, -0.15) is 0 Å². The summed E-state index contributed by atoms with van der Waals surface area (Å²) >= 11 is 0. The Balaban J connectivity index is 2.63. The molecule has 0 radical (unpaired) electrons. The van der Waals surface area contributed by atoms with Gasteiger partial charge in [-0.1, -0.05) is 6.92 Å². The lowest BCUT2D eigenvalue weighted by atomic mass is 10.2. The minimum atomic E-state index is 0.575. The Hall–Kier alpha value is -2.15. The largest absolute Gasteiger partial charge is 0.493 e. The number of likely N-dealkylation sites (N-methyl/N-ethyl adjacent to an activating group) is 1. The number of guanidine groups is 1. The molecule has 26 heavy (non-hydrogen) atoms. The van der Waals surface area contributed by atoms with Crippen molar-refractivity contribution in [2.24, 2.45) is 4.99 Å². The van der Waals surface area contributed by atoms with Crippen molar-refractivity contribution in [2.45, 2.75) is 32.9 Å². The van der Waals surface area contributed by atoms with Crippen LogP contribution in [-0.4, -0.2) is 65.4 Å². The lowest BCUT2D eigenvalue weighted by Gasteiger charge is -2.24. The molecule has 0 heterocycles. The molecule has 0 aliphatic heterocycles. The van der Waals surface area contributed by atoms with E-state index in [0.717, 1.165) is 31.0 Å². The van der Waals surface area contributed by atoms with Gasteiger partial charge in [0.15, 0.2) is 17.5 Å². The maximum absolute atomic E-state index is 5.39.